The summed E-state index contributed by atoms with van der Waals surface area (Å²) in [5.74, 6) is 0. The highest BCUT2D eigenvalue weighted by Crippen LogP contribution is 2.36. The first-order chi connectivity index (χ1) is 9.94. The average Bonchev–Trinajstić information content (AvgIpc) is 2.41. The molecule has 1 N–H and O–H groups in total. The number of nitrogens with one attached hydrogen (secondary N) is 1. The molecule has 1 aliphatic rings. The van der Waals surface area contributed by atoms with E-state index in [9.17, 15) is 13.2 Å². The lowest BCUT2D eigenvalue weighted by atomic mass is 10.0. The lowest BCUT2D eigenvalue weighted by molar-refractivity contribution is -0.0328. The van der Waals surface area contributed by atoms with E-state index in [1.807, 2.05) is 0 Å². The van der Waals surface area contributed by atoms with Gasteiger partial charge < -0.3 is 10.2 Å². The summed E-state index contributed by atoms with van der Waals surface area (Å²) in [6, 6.07) is 7.14. The molecule has 1 fully saturated rings. The number of likely N-dealkylation sites (tertiary alicyclic amines) is 1. The highest BCUT2D eigenvalue weighted by molar-refractivity contribution is 8.00. The minimum atomic E-state index is -4.22. The summed E-state index contributed by atoms with van der Waals surface area (Å²) in [7, 11) is 2.15. The molecule has 1 saturated heterocycles. The van der Waals surface area contributed by atoms with Crippen molar-refractivity contribution in [3.05, 3.63) is 29.8 Å². The number of likely N-dealkylation sites (N-methyl/N-ethyl adjacent to an activating group) is 1. The van der Waals surface area contributed by atoms with Gasteiger partial charge in [-0.3, -0.25) is 0 Å². The second kappa shape index (κ2) is 7.51. The lowest BCUT2D eigenvalue weighted by Crippen LogP contribution is -2.42. The van der Waals surface area contributed by atoms with Crippen molar-refractivity contribution < 1.29 is 13.2 Å². The molecule has 1 aliphatic heterocycles. The van der Waals surface area contributed by atoms with E-state index in [1.54, 1.807) is 12.1 Å². The van der Waals surface area contributed by atoms with Crippen LogP contribution in [0.2, 0.25) is 0 Å². The van der Waals surface area contributed by atoms with Gasteiger partial charge in [-0.15, -0.1) is 0 Å². The van der Waals surface area contributed by atoms with E-state index < -0.39 is 5.51 Å². The fourth-order valence-corrected chi connectivity index (χ4v) is 3.13. The number of alkyl halides is 3. The van der Waals surface area contributed by atoms with Gasteiger partial charge >= 0.3 is 5.51 Å². The third kappa shape index (κ3) is 5.88. The van der Waals surface area contributed by atoms with E-state index >= 15 is 0 Å². The Labute approximate surface area is 128 Å². The fourth-order valence-electron chi connectivity index (χ4n) is 2.59. The van der Waals surface area contributed by atoms with Gasteiger partial charge in [0.1, 0.15) is 0 Å². The van der Waals surface area contributed by atoms with Crippen LogP contribution < -0.4 is 5.32 Å². The molecule has 0 aliphatic carbocycles. The maximum absolute atomic E-state index is 12.2. The Balaban J connectivity index is 1.76. The van der Waals surface area contributed by atoms with Gasteiger partial charge in [0.15, 0.2) is 0 Å². The standard InChI is InChI=1S/C15H21F3N2S/c1-20-9-3-2-4-13(20)11-19-10-12-5-7-14(8-6-12)21-15(16,17)18/h5-8,13,19H,2-4,9-11H2,1H3. The van der Waals surface area contributed by atoms with E-state index in [4.69, 9.17) is 0 Å². The number of nitrogens with zero attached hydrogens (tertiary/aromatic N) is 1. The molecule has 0 spiro atoms. The van der Waals surface area contributed by atoms with Gasteiger partial charge in [-0.2, -0.15) is 13.2 Å². The molecule has 0 aromatic heterocycles. The van der Waals surface area contributed by atoms with E-state index in [-0.39, 0.29) is 16.7 Å². The second-order valence-electron chi connectivity index (χ2n) is 5.45. The van der Waals surface area contributed by atoms with E-state index in [1.165, 1.54) is 31.4 Å². The van der Waals surface area contributed by atoms with Gasteiger partial charge in [0.2, 0.25) is 0 Å². The Morgan fingerprint density at radius 1 is 1.24 bits per heavy atom. The highest BCUT2D eigenvalue weighted by Gasteiger charge is 2.29. The van der Waals surface area contributed by atoms with Crippen molar-refractivity contribution in [3.8, 4) is 0 Å². The lowest BCUT2D eigenvalue weighted by Gasteiger charge is -2.32. The fraction of sp³-hybridized carbons (Fsp3) is 0.600. The quantitative estimate of drug-likeness (QED) is 0.830. The van der Waals surface area contributed by atoms with E-state index in [2.05, 4.69) is 17.3 Å². The molecular formula is C15H21F3N2S. The van der Waals surface area contributed by atoms with Crippen molar-refractivity contribution >= 4 is 11.8 Å². The Hall–Kier alpha value is -0.720. The van der Waals surface area contributed by atoms with Crippen LogP contribution in [0.3, 0.4) is 0 Å². The minimum absolute atomic E-state index is 0.0708. The Kier molecular flexibility index (Phi) is 5.96. The second-order valence-corrected chi connectivity index (χ2v) is 6.59. The van der Waals surface area contributed by atoms with Crippen molar-refractivity contribution in [3.63, 3.8) is 0 Å². The summed E-state index contributed by atoms with van der Waals surface area (Å²) < 4.78 is 36.7. The van der Waals surface area contributed by atoms with E-state index in [0.29, 0.717) is 12.6 Å². The maximum Gasteiger partial charge on any atom is 0.446 e. The minimum Gasteiger partial charge on any atom is -0.311 e. The van der Waals surface area contributed by atoms with Gasteiger partial charge in [0.25, 0.3) is 0 Å². The van der Waals surface area contributed by atoms with Crippen LogP contribution in [0.25, 0.3) is 0 Å². The van der Waals surface area contributed by atoms with Crippen LogP contribution in [0, 0.1) is 0 Å². The molecule has 0 bridgehead atoms. The molecule has 1 atom stereocenters. The zero-order chi connectivity index (χ0) is 15.3. The summed E-state index contributed by atoms with van der Waals surface area (Å²) in [5, 5.41) is 3.40. The Bertz CT molecular complexity index is 434. The van der Waals surface area contributed by atoms with Crippen molar-refractivity contribution in [2.75, 3.05) is 20.1 Å². The molecule has 2 rings (SSSR count). The molecule has 0 radical (unpaired) electrons. The van der Waals surface area contributed by atoms with Crippen LogP contribution in [0.1, 0.15) is 24.8 Å². The molecule has 1 aromatic rings. The molecule has 2 nitrogen and oxygen atoms in total. The number of thioether (sulfide) groups is 1. The summed E-state index contributed by atoms with van der Waals surface area (Å²) in [5.41, 5.74) is -3.20. The van der Waals surface area contributed by atoms with Gasteiger partial charge in [-0.1, -0.05) is 18.6 Å². The molecular weight excluding hydrogens is 297 g/mol. The highest BCUT2D eigenvalue weighted by atomic mass is 32.2. The van der Waals surface area contributed by atoms with Gasteiger partial charge in [0, 0.05) is 24.0 Å². The molecule has 0 saturated carbocycles. The summed E-state index contributed by atoms with van der Waals surface area (Å²) in [6.07, 6.45) is 3.76. The predicted molar refractivity (Wildman–Crippen MR) is 80.3 cm³/mol. The van der Waals surface area contributed by atoms with E-state index in [0.717, 1.165) is 18.7 Å². The number of rotatable bonds is 5. The molecule has 1 unspecified atom stereocenters. The molecule has 118 valence electrons. The first kappa shape index (κ1) is 16.6. The Morgan fingerprint density at radius 3 is 2.57 bits per heavy atom. The van der Waals surface area contributed by atoms with Crippen molar-refractivity contribution in [1.82, 2.24) is 10.2 Å². The van der Waals surface area contributed by atoms with Crippen LogP contribution in [-0.2, 0) is 6.54 Å². The number of benzene rings is 1. The van der Waals surface area contributed by atoms with Crippen LogP contribution in [0.4, 0.5) is 13.2 Å². The molecule has 1 aromatic carbocycles. The number of hydrogen-bond acceptors (Lipinski definition) is 3. The predicted octanol–water partition coefficient (Wildman–Crippen LogP) is 3.87. The topological polar surface area (TPSA) is 15.3 Å². The zero-order valence-electron chi connectivity index (χ0n) is 12.1. The number of halogens is 3. The average molecular weight is 318 g/mol. The smallest absolute Gasteiger partial charge is 0.311 e. The van der Waals surface area contributed by atoms with Crippen LogP contribution >= 0.6 is 11.8 Å². The third-order valence-electron chi connectivity index (χ3n) is 3.79. The molecule has 21 heavy (non-hydrogen) atoms. The molecule has 1 heterocycles. The summed E-state index contributed by atoms with van der Waals surface area (Å²) >= 11 is -0.0708. The SMILES string of the molecule is CN1CCCCC1CNCc1ccc(SC(F)(F)F)cc1. The first-order valence-electron chi connectivity index (χ1n) is 7.20. The van der Waals surface area contributed by atoms with Crippen molar-refractivity contribution in [1.29, 1.82) is 0 Å². The zero-order valence-corrected chi connectivity index (χ0v) is 12.9. The van der Waals surface area contributed by atoms with Crippen molar-refractivity contribution in [2.45, 2.75) is 42.3 Å². The normalized spacial score (nSPS) is 20.7. The maximum atomic E-state index is 12.2. The van der Waals surface area contributed by atoms with Gasteiger partial charge in [0.05, 0.1) is 0 Å². The number of hydrogen-bond donors (Lipinski definition) is 1. The van der Waals surface area contributed by atoms with Crippen LogP contribution in [0.15, 0.2) is 29.2 Å². The van der Waals surface area contributed by atoms with Gasteiger partial charge in [-0.25, -0.2) is 0 Å². The van der Waals surface area contributed by atoms with Crippen molar-refractivity contribution in [2.24, 2.45) is 0 Å². The van der Waals surface area contributed by atoms with Crippen LogP contribution in [0.5, 0.6) is 0 Å². The molecule has 6 heteroatoms. The van der Waals surface area contributed by atoms with Gasteiger partial charge in [-0.05, 0) is 55.9 Å². The summed E-state index contributed by atoms with van der Waals surface area (Å²) in [6.45, 7) is 2.77. The number of piperidine rings is 1. The Morgan fingerprint density at radius 2 is 1.95 bits per heavy atom. The largest absolute Gasteiger partial charge is 0.446 e. The molecule has 0 amide bonds. The third-order valence-corrected chi connectivity index (χ3v) is 4.53. The summed E-state index contributed by atoms with van der Waals surface area (Å²) in [4.78, 5) is 2.61. The first-order valence-corrected chi connectivity index (χ1v) is 8.01. The monoisotopic (exact) mass is 318 g/mol. The van der Waals surface area contributed by atoms with Crippen LogP contribution in [-0.4, -0.2) is 36.6 Å².